The summed E-state index contributed by atoms with van der Waals surface area (Å²) < 4.78 is 0. The SMILES string of the molecule is CC(=O)c1ccc(NC(=O)CCN2C(=O)[C@@H]3[C@H]4CC[C@@H](C4)[C@@H]3C2=O)cc1. The van der Waals surface area contributed by atoms with Crippen LogP contribution in [0.25, 0.3) is 0 Å². The second-order valence-electron chi connectivity index (χ2n) is 7.64. The molecule has 6 heteroatoms. The maximum Gasteiger partial charge on any atom is 0.233 e. The van der Waals surface area contributed by atoms with Crippen LogP contribution >= 0.6 is 0 Å². The summed E-state index contributed by atoms with van der Waals surface area (Å²) in [5, 5.41) is 2.74. The van der Waals surface area contributed by atoms with Crippen molar-refractivity contribution >= 4 is 29.2 Å². The molecule has 6 nitrogen and oxygen atoms in total. The standard InChI is InChI=1S/C20H22N2O4/c1-11(23)12-4-6-15(7-5-12)21-16(24)8-9-22-19(25)17-13-2-3-14(10-13)18(17)20(22)26/h4-7,13-14,17-18H,2-3,8-10H2,1H3,(H,21,24)/t13-,14-,17-,18+/m0/s1. The first-order chi connectivity index (χ1) is 12.5. The second kappa shape index (κ2) is 6.34. The third-order valence-electron chi connectivity index (χ3n) is 6.16. The fourth-order valence-corrected chi connectivity index (χ4v) is 4.92. The molecule has 3 amide bonds. The monoisotopic (exact) mass is 354 g/mol. The molecular weight excluding hydrogens is 332 g/mol. The molecular formula is C20H22N2O4. The predicted molar refractivity (Wildman–Crippen MR) is 94.2 cm³/mol. The minimum absolute atomic E-state index is 0.0338. The lowest BCUT2D eigenvalue weighted by atomic mass is 9.81. The van der Waals surface area contributed by atoms with E-state index in [2.05, 4.69) is 5.32 Å². The summed E-state index contributed by atoms with van der Waals surface area (Å²) in [5.41, 5.74) is 1.17. The zero-order valence-corrected chi connectivity index (χ0v) is 14.7. The number of anilines is 1. The zero-order chi connectivity index (χ0) is 18.4. The molecule has 3 aliphatic rings. The summed E-state index contributed by atoms with van der Waals surface area (Å²) in [6.45, 7) is 1.63. The fourth-order valence-electron chi connectivity index (χ4n) is 4.92. The minimum atomic E-state index is -0.249. The molecule has 1 heterocycles. The molecule has 3 fully saturated rings. The van der Waals surface area contributed by atoms with E-state index in [4.69, 9.17) is 0 Å². The van der Waals surface area contributed by atoms with E-state index < -0.39 is 0 Å². The number of carbonyl (C=O) groups excluding carboxylic acids is 4. The van der Waals surface area contributed by atoms with Crippen molar-refractivity contribution in [2.45, 2.75) is 32.6 Å². The lowest BCUT2D eigenvalue weighted by Crippen LogP contribution is -2.35. The molecule has 0 unspecified atom stereocenters. The van der Waals surface area contributed by atoms with Crippen LogP contribution in [-0.4, -0.2) is 34.9 Å². The number of carbonyl (C=O) groups is 4. The Kier molecular flexibility index (Phi) is 4.13. The molecule has 1 N–H and O–H groups in total. The number of amides is 3. The average molecular weight is 354 g/mol. The number of rotatable bonds is 5. The van der Waals surface area contributed by atoms with Gasteiger partial charge in [-0.25, -0.2) is 0 Å². The lowest BCUT2D eigenvalue weighted by molar-refractivity contribution is -0.140. The summed E-state index contributed by atoms with van der Waals surface area (Å²) >= 11 is 0. The Hall–Kier alpha value is -2.50. The van der Waals surface area contributed by atoms with Gasteiger partial charge in [-0.2, -0.15) is 0 Å². The first-order valence-electron chi connectivity index (χ1n) is 9.22. The molecule has 4 rings (SSSR count). The van der Waals surface area contributed by atoms with Gasteiger partial charge < -0.3 is 5.32 Å². The Morgan fingerprint density at radius 1 is 1.04 bits per heavy atom. The van der Waals surface area contributed by atoms with Crippen molar-refractivity contribution in [1.82, 2.24) is 4.90 Å². The van der Waals surface area contributed by atoms with Crippen LogP contribution in [0, 0.1) is 23.7 Å². The summed E-state index contributed by atoms with van der Waals surface area (Å²) in [4.78, 5) is 49.9. The van der Waals surface area contributed by atoms with E-state index in [1.165, 1.54) is 11.8 Å². The molecule has 2 aliphatic carbocycles. The lowest BCUT2D eigenvalue weighted by Gasteiger charge is -2.19. The first kappa shape index (κ1) is 16.9. The van der Waals surface area contributed by atoms with Crippen LogP contribution in [0.1, 0.15) is 43.0 Å². The third-order valence-corrected chi connectivity index (χ3v) is 6.16. The average Bonchev–Trinajstić information content (AvgIpc) is 3.28. The van der Waals surface area contributed by atoms with Crippen LogP contribution in [0.15, 0.2) is 24.3 Å². The Balaban J connectivity index is 1.34. The summed E-state index contributed by atoms with van der Waals surface area (Å²) in [5.74, 6) is 0.0123. The fraction of sp³-hybridized carbons (Fsp3) is 0.500. The highest BCUT2D eigenvalue weighted by molar-refractivity contribution is 6.06. The van der Waals surface area contributed by atoms with Gasteiger partial charge in [-0.05, 0) is 62.3 Å². The van der Waals surface area contributed by atoms with Gasteiger partial charge in [0, 0.05) is 24.2 Å². The van der Waals surface area contributed by atoms with Crippen molar-refractivity contribution in [2.24, 2.45) is 23.7 Å². The maximum atomic E-state index is 12.6. The van der Waals surface area contributed by atoms with E-state index in [1.54, 1.807) is 24.3 Å². The number of benzene rings is 1. The van der Waals surface area contributed by atoms with E-state index in [-0.39, 0.29) is 48.3 Å². The van der Waals surface area contributed by atoms with Crippen molar-refractivity contribution < 1.29 is 19.2 Å². The van der Waals surface area contributed by atoms with Crippen molar-refractivity contribution in [2.75, 3.05) is 11.9 Å². The quantitative estimate of drug-likeness (QED) is 0.649. The molecule has 26 heavy (non-hydrogen) atoms. The van der Waals surface area contributed by atoms with Gasteiger partial charge in [-0.15, -0.1) is 0 Å². The smallest absolute Gasteiger partial charge is 0.233 e. The zero-order valence-electron chi connectivity index (χ0n) is 14.7. The van der Waals surface area contributed by atoms with Crippen LogP contribution in [0.4, 0.5) is 5.69 Å². The topological polar surface area (TPSA) is 83.6 Å². The molecule has 1 saturated heterocycles. The van der Waals surface area contributed by atoms with Crippen LogP contribution < -0.4 is 5.32 Å². The summed E-state index contributed by atoms with van der Waals surface area (Å²) in [7, 11) is 0. The molecule has 2 bridgehead atoms. The van der Waals surface area contributed by atoms with Gasteiger partial charge in [0.1, 0.15) is 0 Å². The van der Waals surface area contributed by atoms with E-state index in [9.17, 15) is 19.2 Å². The van der Waals surface area contributed by atoms with E-state index >= 15 is 0 Å². The van der Waals surface area contributed by atoms with Gasteiger partial charge in [0.2, 0.25) is 17.7 Å². The first-order valence-corrected chi connectivity index (χ1v) is 9.22. The molecule has 1 aromatic rings. The largest absolute Gasteiger partial charge is 0.326 e. The number of likely N-dealkylation sites (tertiary alicyclic amines) is 1. The Morgan fingerprint density at radius 2 is 1.62 bits per heavy atom. The minimum Gasteiger partial charge on any atom is -0.326 e. The van der Waals surface area contributed by atoms with Gasteiger partial charge in [-0.1, -0.05) is 0 Å². The number of fused-ring (bicyclic) bond motifs is 5. The van der Waals surface area contributed by atoms with Crippen LogP contribution in [0.5, 0.6) is 0 Å². The maximum absolute atomic E-state index is 12.6. The third kappa shape index (κ3) is 2.73. The second-order valence-corrected chi connectivity index (χ2v) is 7.64. The molecule has 136 valence electrons. The highest BCUT2D eigenvalue weighted by Gasteiger charge is 2.60. The van der Waals surface area contributed by atoms with Crippen LogP contribution in [-0.2, 0) is 14.4 Å². The molecule has 1 aliphatic heterocycles. The summed E-state index contributed by atoms with van der Waals surface area (Å²) in [6.07, 6.45) is 3.20. The molecule has 2 saturated carbocycles. The predicted octanol–water partition coefficient (Wildman–Crippen LogP) is 2.25. The van der Waals surface area contributed by atoms with Gasteiger partial charge in [0.25, 0.3) is 0 Å². The van der Waals surface area contributed by atoms with Crippen molar-refractivity contribution in [3.05, 3.63) is 29.8 Å². The number of imide groups is 1. The molecule has 0 spiro atoms. The van der Waals surface area contributed by atoms with Crippen LogP contribution in [0.3, 0.4) is 0 Å². The van der Waals surface area contributed by atoms with Crippen molar-refractivity contribution in [3.63, 3.8) is 0 Å². The molecule has 0 radical (unpaired) electrons. The van der Waals surface area contributed by atoms with Gasteiger partial charge in [0.15, 0.2) is 5.78 Å². The van der Waals surface area contributed by atoms with E-state index in [1.807, 2.05) is 0 Å². The Labute approximate surface area is 151 Å². The normalized spacial score (nSPS) is 29.2. The number of ketones is 1. The number of hydrogen-bond acceptors (Lipinski definition) is 4. The number of Topliss-reactive ketones (excluding diaryl/α,β-unsaturated/α-hetero) is 1. The molecule has 0 aromatic heterocycles. The number of nitrogens with one attached hydrogen (secondary N) is 1. The molecule has 4 atom stereocenters. The number of nitrogens with zero attached hydrogens (tertiary/aromatic N) is 1. The highest BCUT2D eigenvalue weighted by atomic mass is 16.2. The van der Waals surface area contributed by atoms with Crippen LogP contribution in [0.2, 0.25) is 0 Å². The summed E-state index contributed by atoms with van der Waals surface area (Å²) in [6, 6.07) is 6.65. The number of hydrogen-bond donors (Lipinski definition) is 1. The molecule has 1 aromatic carbocycles. The van der Waals surface area contributed by atoms with Gasteiger partial charge >= 0.3 is 0 Å². The van der Waals surface area contributed by atoms with Crippen molar-refractivity contribution in [1.29, 1.82) is 0 Å². The Morgan fingerprint density at radius 3 is 2.15 bits per heavy atom. The van der Waals surface area contributed by atoms with E-state index in [0.29, 0.717) is 23.1 Å². The van der Waals surface area contributed by atoms with Crippen molar-refractivity contribution in [3.8, 4) is 0 Å². The highest BCUT2D eigenvalue weighted by Crippen LogP contribution is 2.56. The van der Waals surface area contributed by atoms with Gasteiger partial charge in [0.05, 0.1) is 11.8 Å². The van der Waals surface area contributed by atoms with Gasteiger partial charge in [-0.3, -0.25) is 24.1 Å². The van der Waals surface area contributed by atoms with E-state index in [0.717, 1.165) is 19.3 Å². The Bertz CT molecular complexity index is 758.